The number of rotatable bonds is 5. The first-order chi connectivity index (χ1) is 15.2. The largest absolute Gasteiger partial charge is 0.467 e. The van der Waals surface area contributed by atoms with E-state index in [1.165, 1.54) is 7.11 Å². The fourth-order valence-corrected chi connectivity index (χ4v) is 5.02. The minimum atomic E-state index is -0.607. The molecule has 3 heterocycles. The number of piperazine rings is 1. The maximum Gasteiger partial charge on any atom is 0.318 e. The monoisotopic (exact) mass is 445 g/mol. The van der Waals surface area contributed by atoms with Crippen molar-refractivity contribution in [3.8, 4) is 6.01 Å². The minimum absolute atomic E-state index is 0.0168. The first-order valence-electron chi connectivity index (χ1n) is 11.1. The van der Waals surface area contributed by atoms with Crippen LogP contribution < -0.4 is 10.1 Å². The van der Waals surface area contributed by atoms with E-state index in [9.17, 15) is 9.18 Å². The zero-order valence-corrected chi connectivity index (χ0v) is 19.6. The smallest absolute Gasteiger partial charge is 0.318 e. The number of amides is 1. The molecule has 0 radical (unpaired) electrons. The molecular weight excluding hydrogens is 413 g/mol. The van der Waals surface area contributed by atoms with Crippen LogP contribution in [0, 0.1) is 11.7 Å². The van der Waals surface area contributed by atoms with Crippen molar-refractivity contribution >= 4 is 17.5 Å². The van der Waals surface area contributed by atoms with Gasteiger partial charge in [-0.3, -0.25) is 14.8 Å². The van der Waals surface area contributed by atoms with Gasteiger partial charge in [0, 0.05) is 41.8 Å². The molecule has 0 bridgehead atoms. The lowest BCUT2D eigenvalue weighted by atomic mass is 9.79. The fraction of sp³-hybridized carbons (Fsp3) is 0.636. The highest BCUT2D eigenvalue weighted by molar-refractivity contribution is 5.83. The van der Waals surface area contributed by atoms with Crippen LogP contribution in [-0.4, -0.2) is 74.7 Å². The summed E-state index contributed by atoms with van der Waals surface area (Å²) in [6.45, 7) is 13.2. The summed E-state index contributed by atoms with van der Waals surface area (Å²) in [4.78, 5) is 25.9. The molecule has 3 atom stereocenters. The molecule has 0 saturated carbocycles. The molecule has 32 heavy (non-hydrogen) atoms. The number of likely N-dealkylation sites (N-methyl/N-ethyl adjacent to an activating group) is 1. The van der Waals surface area contributed by atoms with Gasteiger partial charge in [0.05, 0.1) is 19.2 Å². The molecule has 2 aromatic rings. The Morgan fingerprint density at radius 2 is 2.06 bits per heavy atom. The van der Waals surface area contributed by atoms with Crippen LogP contribution in [0.15, 0.2) is 6.20 Å². The second-order valence-corrected chi connectivity index (χ2v) is 9.36. The van der Waals surface area contributed by atoms with E-state index in [2.05, 4.69) is 65.0 Å². The molecule has 2 aromatic heterocycles. The molecule has 1 saturated heterocycles. The normalized spacial score (nSPS) is 25.0. The molecule has 4 rings (SSSR count). The molecule has 1 aliphatic carbocycles. The van der Waals surface area contributed by atoms with Crippen LogP contribution in [0.4, 0.5) is 16.0 Å². The Morgan fingerprint density at radius 1 is 1.31 bits per heavy atom. The first-order valence-corrected chi connectivity index (χ1v) is 11.1. The third-order valence-electron chi connectivity index (χ3n) is 7.03. The number of aromatic amines is 1. The number of nitrogens with zero attached hydrogens (tertiary/aromatic N) is 5. The number of fused-ring (bicyclic) bond motifs is 1. The summed E-state index contributed by atoms with van der Waals surface area (Å²) in [5.74, 6) is -0.211. The lowest BCUT2D eigenvalue weighted by Gasteiger charge is -2.45. The average Bonchev–Trinajstić information content (AvgIpc) is 3.28. The lowest BCUT2D eigenvalue weighted by Crippen LogP contribution is -2.59. The van der Waals surface area contributed by atoms with Gasteiger partial charge in [-0.1, -0.05) is 20.8 Å². The number of H-pyrrole nitrogens is 1. The number of anilines is 2. The Kier molecular flexibility index (Phi) is 5.83. The molecular formula is C22H32FN7O2. The predicted molar refractivity (Wildman–Crippen MR) is 119 cm³/mol. The summed E-state index contributed by atoms with van der Waals surface area (Å²) in [6.07, 6.45) is 1.58. The van der Waals surface area contributed by atoms with Crippen LogP contribution in [0.1, 0.15) is 45.9 Å². The summed E-state index contributed by atoms with van der Waals surface area (Å²) in [7, 11) is 1.42. The van der Waals surface area contributed by atoms with Crippen molar-refractivity contribution in [2.24, 2.45) is 5.92 Å². The number of hydrogen-bond donors (Lipinski definition) is 2. The van der Waals surface area contributed by atoms with E-state index in [0.717, 1.165) is 37.1 Å². The highest BCUT2D eigenvalue weighted by atomic mass is 19.1. The zero-order valence-electron chi connectivity index (χ0n) is 19.6. The molecule has 1 aliphatic heterocycles. The highest BCUT2D eigenvalue weighted by Crippen LogP contribution is 2.46. The number of ether oxygens (including phenoxy) is 1. The number of nitrogens with one attached hydrogen (secondary N) is 2. The van der Waals surface area contributed by atoms with Crippen LogP contribution in [0.2, 0.25) is 0 Å². The topological polar surface area (TPSA) is 99.3 Å². The van der Waals surface area contributed by atoms with Gasteiger partial charge in [0.25, 0.3) is 0 Å². The van der Waals surface area contributed by atoms with Crippen molar-refractivity contribution in [3.05, 3.63) is 23.3 Å². The summed E-state index contributed by atoms with van der Waals surface area (Å²) < 4.78 is 19.2. The molecule has 0 aromatic carbocycles. The maximum atomic E-state index is 14.2. The van der Waals surface area contributed by atoms with Gasteiger partial charge in [0.1, 0.15) is 0 Å². The van der Waals surface area contributed by atoms with E-state index < -0.39 is 11.2 Å². The van der Waals surface area contributed by atoms with Crippen LogP contribution in [0.3, 0.4) is 0 Å². The van der Waals surface area contributed by atoms with Gasteiger partial charge >= 0.3 is 6.01 Å². The Bertz CT molecular complexity index is 1010. The third kappa shape index (κ3) is 3.70. The van der Waals surface area contributed by atoms with Crippen molar-refractivity contribution in [3.63, 3.8) is 0 Å². The second-order valence-electron chi connectivity index (χ2n) is 9.36. The van der Waals surface area contributed by atoms with Crippen molar-refractivity contribution in [2.45, 2.75) is 58.5 Å². The molecule has 9 nitrogen and oxygen atoms in total. The van der Waals surface area contributed by atoms with Crippen molar-refractivity contribution in [1.82, 2.24) is 30.0 Å². The highest BCUT2D eigenvalue weighted by Gasteiger charge is 2.49. The molecule has 1 fully saturated rings. The van der Waals surface area contributed by atoms with Gasteiger partial charge in [-0.25, -0.2) is 9.37 Å². The zero-order chi connectivity index (χ0) is 23.2. The average molecular weight is 446 g/mol. The van der Waals surface area contributed by atoms with Crippen LogP contribution in [-0.2, 0) is 16.6 Å². The van der Waals surface area contributed by atoms with Gasteiger partial charge in [-0.15, -0.1) is 0 Å². The van der Waals surface area contributed by atoms with Gasteiger partial charge in [-0.2, -0.15) is 10.1 Å². The molecule has 2 N–H and O–H groups in total. The quantitative estimate of drug-likeness (QED) is 0.729. The number of halogens is 1. The van der Waals surface area contributed by atoms with E-state index >= 15 is 0 Å². The first kappa shape index (κ1) is 22.4. The molecule has 1 unspecified atom stereocenters. The van der Waals surface area contributed by atoms with E-state index in [4.69, 9.17) is 4.74 Å². The number of hydrogen-bond acceptors (Lipinski definition) is 7. The van der Waals surface area contributed by atoms with E-state index in [0.29, 0.717) is 18.3 Å². The van der Waals surface area contributed by atoms with Gasteiger partial charge < -0.3 is 15.0 Å². The van der Waals surface area contributed by atoms with Crippen LogP contribution >= 0.6 is 0 Å². The maximum absolute atomic E-state index is 14.2. The Morgan fingerprint density at radius 3 is 2.75 bits per heavy atom. The molecule has 1 amide bonds. The fourth-order valence-electron chi connectivity index (χ4n) is 5.02. The number of methoxy groups -OCH3 is 1. The Hall–Kier alpha value is -2.75. The summed E-state index contributed by atoms with van der Waals surface area (Å²) >= 11 is 0. The summed E-state index contributed by atoms with van der Waals surface area (Å²) in [5, 5.41) is 10.4. The SMILES string of the molecule is CCN1C[C@H](C)N(C(=O)C2Cc3c(Nc4nc(OC)ncc4F)n[nH]c3C2(C)C)C[C@H]1C. The molecule has 10 heteroatoms. The second kappa shape index (κ2) is 8.31. The Labute approximate surface area is 187 Å². The van der Waals surface area contributed by atoms with E-state index in [-0.39, 0.29) is 29.7 Å². The summed E-state index contributed by atoms with van der Waals surface area (Å²) in [5.41, 5.74) is 1.36. The molecule has 0 spiro atoms. The van der Waals surface area contributed by atoms with Crippen molar-refractivity contribution < 1.29 is 13.9 Å². The number of aromatic nitrogens is 4. The Balaban J connectivity index is 1.57. The molecule has 174 valence electrons. The van der Waals surface area contributed by atoms with Crippen LogP contribution in [0.25, 0.3) is 0 Å². The van der Waals surface area contributed by atoms with E-state index in [1.54, 1.807) is 0 Å². The van der Waals surface area contributed by atoms with Crippen LogP contribution in [0.5, 0.6) is 6.01 Å². The van der Waals surface area contributed by atoms with Gasteiger partial charge in [0.2, 0.25) is 5.91 Å². The number of carbonyl (C=O) groups excluding carboxylic acids is 1. The number of carbonyl (C=O) groups is 1. The molecule has 2 aliphatic rings. The summed E-state index contributed by atoms with van der Waals surface area (Å²) in [6, 6.07) is 0.549. The minimum Gasteiger partial charge on any atom is -0.467 e. The standard InChI is InChI=1S/C22H32FN7O2/c1-7-29-10-13(3)30(11-12(29)2)20(31)15-8-14-17(22(15,4)5)27-28-18(14)25-19-16(23)9-24-21(26-19)32-6/h9,12-13,15H,7-8,10-11H2,1-6H3,(H2,24,25,26,27,28)/t12-,13+,15?/m1/s1. The van der Waals surface area contributed by atoms with Gasteiger partial charge in [0.15, 0.2) is 17.5 Å². The predicted octanol–water partition coefficient (Wildman–Crippen LogP) is 2.48. The van der Waals surface area contributed by atoms with E-state index in [1.807, 2.05) is 4.90 Å². The van der Waals surface area contributed by atoms with Gasteiger partial charge in [-0.05, 0) is 26.8 Å². The van der Waals surface area contributed by atoms with Crippen molar-refractivity contribution in [1.29, 1.82) is 0 Å². The van der Waals surface area contributed by atoms with Crippen molar-refractivity contribution in [2.75, 3.05) is 32.1 Å². The third-order valence-corrected chi connectivity index (χ3v) is 7.03. The lowest BCUT2D eigenvalue weighted by molar-refractivity contribution is -0.143.